The zero-order chi connectivity index (χ0) is 20.5. The van der Waals surface area contributed by atoms with Crippen LogP contribution in [0.15, 0.2) is 42.7 Å². The number of halogens is 6. The lowest BCUT2D eigenvalue weighted by atomic mass is 10.2. The van der Waals surface area contributed by atoms with E-state index in [-0.39, 0.29) is 17.4 Å². The Balaban J connectivity index is 1.95. The summed E-state index contributed by atoms with van der Waals surface area (Å²) < 4.78 is 82.8. The molecule has 0 N–H and O–H groups in total. The topological polar surface area (TPSA) is 52.8 Å². The van der Waals surface area contributed by atoms with Gasteiger partial charge in [-0.2, -0.15) is 31.3 Å². The first kappa shape index (κ1) is 19.6. The summed E-state index contributed by atoms with van der Waals surface area (Å²) in [5.74, 6) is -1.51. The smallest absolute Gasteiger partial charge is 0.439 e. The van der Waals surface area contributed by atoms with E-state index >= 15 is 0 Å². The molecule has 0 amide bonds. The molecule has 0 bridgehead atoms. The van der Waals surface area contributed by atoms with Gasteiger partial charge in [-0.3, -0.25) is 0 Å². The molecule has 0 fully saturated rings. The van der Waals surface area contributed by atoms with Gasteiger partial charge < -0.3 is 4.74 Å². The highest BCUT2D eigenvalue weighted by Gasteiger charge is 2.36. The Morgan fingerprint density at radius 2 is 1.75 bits per heavy atom. The zero-order valence-electron chi connectivity index (χ0n) is 14.2. The fraction of sp³-hybridized carbons (Fsp3) is 0.235. The highest BCUT2D eigenvalue weighted by molar-refractivity contribution is 5.39. The van der Waals surface area contributed by atoms with Crippen LogP contribution in [0.4, 0.5) is 26.3 Å². The van der Waals surface area contributed by atoms with Gasteiger partial charge in [0, 0.05) is 5.56 Å². The maximum Gasteiger partial charge on any atom is 0.453 e. The molecule has 5 nitrogen and oxygen atoms in total. The van der Waals surface area contributed by atoms with Gasteiger partial charge in [-0.05, 0) is 36.8 Å². The van der Waals surface area contributed by atoms with E-state index in [9.17, 15) is 26.3 Å². The minimum absolute atomic E-state index is 0.0258. The van der Waals surface area contributed by atoms with Gasteiger partial charge in [0.2, 0.25) is 5.88 Å². The molecule has 11 heteroatoms. The predicted molar refractivity (Wildman–Crippen MR) is 85.1 cm³/mol. The Bertz CT molecular complexity index is 980. The molecule has 0 aliphatic heterocycles. The summed E-state index contributed by atoms with van der Waals surface area (Å²) in [6, 6.07) is 7.16. The molecular weight excluding hydrogens is 390 g/mol. The van der Waals surface area contributed by atoms with Crippen LogP contribution in [0.2, 0.25) is 0 Å². The van der Waals surface area contributed by atoms with Crippen molar-refractivity contribution in [3.05, 3.63) is 59.7 Å². The molecular formula is C17H12F6N4O. The van der Waals surface area contributed by atoms with Gasteiger partial charge in [0.25, 0.3) is 5.82 Å². The highest BCUT2D eigenvalue weighted by Crippen LogP contribution is 2.33. The van der Waals surface area contributed by atoms with Crippen LogP contribution >= 0.6 is 0 Å². The zero-order valence-corrected chi connectivity index (χ0v) is 14.2. The first-order valence-electron chi connectivity index (χ1n) is 7.92. The fourth-order valence-corrected chi connectivity index (χ4v) is 2.30. The molecule has 3 aromatic rings. The van der Waals surface area contributed by atoms with Gasteiger partial charge in [-0.25, -0.2) is 9.67 Å². The Labute approximate surface area is 154 Å². The molecule has 2 aromatic heterocycles. The summed E-state index contributed by atoms with van der Waals surface area (Å²) in [5, 5.41) is 3.32. The third kappa shape index (κ3) is 4.24. The number of aryl methyl sites for hydroxylation is 1. The molecule has 1 aromatic carbocycles. The number of alkyl halides is 6. The number of hydrogen-bond donors (Lipinski definition) is 0. The Morgan fingerprint density at radius 3 is 2.36 bits per heavy atom. The molecule has 0 aliphatic carbocycles. The van der Waals surface area contributed by atoms with Crippen molar-refractivity contribution in [3.63, 3.8) is 0 Å². The molecule has 28 heavy (non-hydrogen) atoms. The number of nitrogens with zero attached hydrogens (tertiary/aromatic N) is 4. The van der Waals surface area contributed by atoms with E-state index in [1.54, 1.807) is 13.0 Å². The van der Waals surface area contributed by atoms with Crippen LogP contribution in [0.25, 0.3) is 5.82 Å². The van der Waals surface area contributed by atoms with Crippen LogP contribution in [0.1, 0.15) is 23.9 Å². The van der Waals surface area contributed by atoms with Crippen molar-refractivity contribution in [2.24, 2.45) is 0 Å². The van der Waals surface area contributed by atoms with Gasteiger partial charge in [-0.1, -0.05) is 13.0 Å². The van der Waals surface area contributed by atoms with Crippen LogP contribution in [0.3, 0.4) is 0 Å². The summed E-state index contributed by atoms with van der Waals surface area (Å²) in [5.41, 5.74) is -0.345. The molecule has 0 aliphatic rings. The number of rotatable bonds is 4. The van der Waals surface area contributed by atoms with E-state index < -0.39 is 23.7 Å². The van der Waals surface area contributed by atoms with E-state index in [1.807, 2.05) is 0 Å². The monoisotopic (exact) mass is 402 g/mol. The van der Waals surface area contributed by atoms with Gasteiger partial charge >= 0.3 is 12.4 Å². The summed E-state index contributed by atoms with van der Waals surface area (Å²) in [7, 11) is 0. The van der Waals surface area contributed by atoms with Crippen molar-refractivity contribution in [2.45, 2.75) is 25.7 Å². The predicted octanol–water partition coefficient (Wildman–Crippen LogP) is 5.05. The van der Waals surface area contributed by atoms with Crippen molar-refractivity contribution < 1.29 is 31.1 Å². The van der Waals surface area contributed by atoms with E-state index in [0.717, 1.165) is 23.1 Å². The third-order valence-corrected chi connectivity index (χ3v) is 3.66. The molecule has 0 saturated heterocycles. The third-order valence-electron chi connectivity index (χ3n) is 3.66. The van der Waals surface area contributed by atoms with Crippen LogP contribution in [0.5, 0.6) is 11.6 Å². The number of pyridine rings is 1. The van der Waals surface area contributed by atoms with Crippen molar-refractivity contribution in [3.8, 4) is 17.4 Å². The largest absolute Gasteiger partial charge is 0.453 e. The molecule has 2 heterocycles. The molecule has 0 atom stereocenters. The second-order valence-electron chi connectivity index (χ2n) is 5.63. The average molecular weight is 402 g/mol. The Kier molecular flexibility index (Phi) is 5.01. The van der Waals surface area contributed by atoms with Crippen LogP contribution in [-0.4, -0.2) is 19.7 Å². The number of hydrogen-bond acceptors (Lipinski definition) is 4. The number of aromatic nitrogens is 4. The Hall–Kier alpha value is -3.11. The summed E-state index contributed by atoms with van der Waals surface area (Å²) >= 11 is 0. The van der Waals surface area contributed by atoms with Crippen LogP contribution < -0.4 is 4.74 Å². The van der Waals surface area contributed by atoms with E-state index in [0.29, 0.717) is 12.0 Å². The summed E-state index contributed by atoms with van der Waals surface area (Å²) in [4.78, 5) is 7.27. The highest BCUT2D eigenvalue weighted by atomic mass is 19.4. The lowest BCUT2D eigenvalue weighted by Crippen LogP contribution is -2.09. The molecule has 0 spiro atoms. The van der Waals surface area contributed by atoms with Crippen LogP contribution in [-0.2, 0) is 18.8 Å². The normalized spacial score (nSPS) is 12.2. The van der Waals surface area contributed by atoms with Gasteiger partial charge in [0.15, 0.2) is 5.82 Å². The molecule has 0 saturated carbocycles. The molecule has 0 unspecified atom stereocenters. The summed E-state index contributed by atoms with van der Waals surface area (Å²) in [6.07, 6.45) is -7.99. The van der Waals surface area contributed by atoms with Crippen molar-refractivity contribution in [1.82, 2.24) is 19.7 Å². The minimum atomic E-state index is -4.72. The lowest BCUT2D eigenvalue weighted by Gasteiger charge is -2.12. The molecule has 148 valence electrons. The second-order valence-corrected chi connectivity index (χ2v) is 5.63. The number of benzene rings is 1. The van der Waals surface area contributed by atoms with Crippen molar-refractivity contribution in [2.75, 3.05) is 0 Å². The van der Waals surface area contributed by atoms with Crippen LogP contribution in [0, 0.1) is 0 Å². The van der Waals surface area contributed by atoms with Gasteiger partial charge in [0.05, 0.1) is 5.56 Å². The molecule has 3 rings (SSSR count). The minimum Gasteiger partial charge on any atom is -0.439 e. The maximum absolute atomic E-state index is 12.9. The van der Waals surface area contributed by atoms with Crippen molar-refractivity contribution in [1.29, 1.82) is 0 Å². The van der Waals surface area contributed by atoms with Gasteiger partial charge in [0.1, 0.15) is 12.1 Å². The Morgan fingerprint density at radius 1 is 1.00 bits per heavy atom. The van der Waals surface area contributed by atoms with E-state index in [1.165, 1.54) is 18.2 Å². The second kappa shape index (κ2) is 7.13. The first-order valence-corrected chi connectivity index (χ1v) is 7.92. The SMILES string of the molecule is CCc1ccc(-n2cnc(C(F)(F)F)n2)nc1Oc1cccc(C(F)(F)F)c1. The van der Waals surface area contributed by atoms with E-state index in [4.69, 9.17) is 4.74 Å². The fourth-order valence-electron chi connectivity index (χ4n) is 2.30. The first-order chi connectivity index (χ1) is 13.1. The van der Waals surface area contributed by atoms with Gasteiger partial charge in [-0.15, -0.1) is 5.10 Å². The quantitative estimate of drug-likeness (QED) is 0.573. The standard InChI is InChI=1S/C17H12F6N4O/c1-2-10-6-7-13(27-9-24-15(26-27)17(21,22)23)25-14(10)28-12-5-3-4-11(8-12)16(18,19)20/h3-9H,2H2,1H3. The number of ether oxygens (including phenoxy) is 1. The lowest BCUT2D eigenvalue weighted by molar-refractivity contribution is -0.144. The maximum atomic E-state index is 12.9. The van der Waals surface area contributed by atoms with Crippen molar-refractivity contribution >= 4 is 0 Å². The summed E-state index contributed by atoms with van der Waals surface area (Å²) in [6.45, 7) is 1.77. The average Bonchev–Trinajstić information content (AvgIpc) is 3.12. The van der Waals surface area contributed by atoms with E-state index in [2.05, 4.69) is 15.1 Å². The molecule has 0 radical (unpaired) electrons.